The van der Waals surface area contributed by atoms with Gasteiger partial charge in [-0.05, 0) is 49.8 Å². The molecule has 7 nitrogen and oxygen atoms in total. The molecule has 0 bridgehead atoms. The second-order valence-corrected chi connectivity index (χ2v) is 8.46. The molecule has 0 fully saturated rings. The number of carboxylic acid groups (broad SMARTS) is 1. The number of primary amides is 1. The molecule has 0 aromatic heterocycles. The number of amides is 2. The molecule has 1 rings (SSSR count). The van der Waals surface area contributed by atoms with Crippen LogP contribution in [0.4, 0.5) is 4.79 Å². The van der Waals surface area contributed by atoms with Crippen LogP contribution in [0.1, 0.15) is 102 Å². The van der Waals surface area contributed by atoms with Crippen molar-refractivity contribution in [2.24, 2.45) is 5.73 Å². The van der Waals surface area contributed by atoms with Crippen LogP contribution < -0.4 is 15.8 Å². The van der Waals surface area contributed by atoms with Gasteiger partial charge in [-0.2, -0.15) is 0 Å². The van der Waals surface area contributed by atoms with Crippen LogP contribution in [0.5, 0.6) is 11.5 Å². The molecule has 0 radical (unpaired) electrons. The van der Waals surface area contributed by atoms with Crippen molar-refractivity contribution in [3.8, 4) is 11.5 Å². The highest BCUT2D eigenvalue weighted by atomic mass is 16.5. The van der Waals surface area contributed by atoms with Gasteiger partial charge >= 0.3 is 6.09 Å². The Morgan fingerprint density at radius 2 is 1.47 bits per heavy atom. The number of rotatable bonds is 18. The van der Waals surface area contributed by atoms with Crippen LogP contribution >= 0.6 is 0 Å². The molecule has 0 saturated carbocycles. The SMILES string of the molecule is CCCCCCCC/C=C\CCCCCCCC(=O)NCc1ccc(O)c(OC)c1.NC(=O)O. The molecule has 7 heteroatoms. The quantitative estimate of drug-likeness (QED) is 0.138. The van der Waals surface area contributed by atoms with Gasteiger partial charge in [-0.3, -0.25) is 4.79 Å². The van der Waals surface area contributed by atoms with Gasteiger partial charge in [-0.15, -0.1) is 0 Å². The highest BCUT2D eigenvalue weighted by Gasteiger charge is 2.05. The number of hydrogen-bond acceptors (Lipinski definition) is 4. The summed E-state index contributed by atoms with van der Waals surface area (Å²) >= 11 is 0. The molecule has 0 heterocycles. The first-order valence-electron chi connectivity index (χ1n) is 12.7. The van der Waals surface area contributed by atoms with Gasteiger partial charge in [0.1, 0.15) is 0 Å². The Labute approximate surface area is 205 Å². The molecule has 0 aliphatic carbocycles. The van der Waals surface area contributed by atoms with E-state index in [9.17, 15) is 9.90 Å². The number of phenolic OH excluding ortho intramolecular Hbond substituents is 1. The zero-order valence-corrected chi connectivity index (χ0v) is 21.2. The van der Waals surface area contributed by atoms with Gasteiger partial charge in [0, 0.05) is 13.0 Å². The Morgan fingerprint density at radius 1 is 0.941 bits per heavy atom. The minimum Gasteiger partial charge on any atom is -0.504 e. The van der Waals surface area contributed by atoms with E-state index in [4.69, 9.17) is 14.6 Å². The molecule has 0 aliphatic heterocycles. The topological polar surface area (TPSA) is 122 Å². The van der Waals surface area contributed by atoms with Crippen LogP contribution in [0.15, 0.2) is 30.4 Å². The number of nitrogens with two attached hydrogens (primary N) is 1. The highest BCUT2D eigenvalue weighted by molar-refractivity contribution is 5.75. The van der Waals surface area contributed by atoms with Gasteiger partial charge in [0.2, 0.25) is 5.91 Å². The van der Waals surface area contributed by atoms with Gasteiger partial charge in [-0.25, -0.2) is 4.79 Å². The lowest BCUT2D eigenvalue weighted by Crippen LogP contribution is -2.22. The molecule has 0 saturated heterocycles. The second kappa shape index (κ2) is 22.1. The van der Waals surface area contributed by atoms with E-state index < -0.39 is 6.09 Å². The van der Waals surface area contributed by atoms with Crippen molar-refractivity contribution < 1.29 is 24.5 Å². The van der Waals surface area contributed by atoms with E-state index in [-0.39, 0.29) is 11.7 Å². The van der Waals surface area contributed by atoms with Gasteiger partial charge in [0.25, 0.3) is 0 Å². The number of aromatic hydroxyl groups is 1. The molecule has 0 aliphatic rings. The van der Waals surface area contributed by atoms with Crippen LogP contribution in [0.3, 0.4) is 0 Å². The lowest BCUT2D eigenvalue weighted by Gasteiger charge is -2.08. The number of hydrogen-bond donors (Lipinski definition) is 4. The van der Waals surface area contributed by atoms with Crippen molar-refractivity contribution in [2.75, 3.05) is 7.11 Å². The van der Waals surface area contributed by atoms with Gasteiger partial charge in [0.15, 0.2) is 11.5 Å². The molecule has 34 heavy (non-hydrogen) atoms. The van der Waals surface area contributed by atoms with Crippen molar-refractivity contribution in [2.45, 2.75) is 103 Å². The summed E-state index contributed by atoms with van der Waals surface area (Å²) in [4.78, 5) is 20.7. The number of carbonyl (C=O) groups excluding carboxylic acids is 1. The fourth-order valence-electron chi connectivity index (χ4n) is 3.48. The molecule has 1 aromatic carbocycles. The number of unbranched alkanes of at least 4 members (excludes halogenated alkanes) is 11. The lowest BCUT2D eigenvalue weighted by molar-refractivity contribution is -0.121. The fourth-order valence-corrected chi connectivity index (χ4v) is 3.48. The third-order valence-corrected chi connectivity index (χ3v) is 5.40. The Bertz CT molecular complexity index is 688. The summed E-state index contributed by atoms with van der Waals surface area (Å²) in [7, 11) is 1.52. The summed E-state index contributed by atoms with van der Waals surface area (Å²) in [5.74, 6) is 0.625. The number of carbonyl (C=O) groups is 2. The van der Waals surface area contributed by atoms with E-state index >= 15 is 0 Å². The van der Waals surface area contributed by atoms with E-state index in [1.54, 1.807) is 18.2 Å². The molecule has 5 N–H and O–H groups in total. The van der Waals surface area contributed by atoms with Crippen molar-refractivity contribution in [3.05, 3.63) is 35.9 Å². The number of methoxy groups -OCH3 is 1. The number of benzene rings is 1. The van der Waals surface area contributed by atoms with Crippen molar-refractivity contribution in [1.82, 2.24) is 5.32 Å². The maximum atomic E-state index is 12.0. The maximum absolute atomic E-state index is 12.0. The van der Waals surface area contributed by atoms with E-state index in [0.29, 0.717) is 18.7 Å². The van der Waals surface area contributed by atoms with Gasteiger partial charge in [-0.1, -0.05) is 76.5 Å². The van der Waals surface area contributed by atoms with Crippen LogP contribution in [0, 0.1) is 0 Å². The fraction of sp³-hybridized carbons (Fsp3) is 0.630. The molecule has 0 atom stereocenters. The Kier molecular flexibility index (Phi) is 20.4. The van der Waals surface area contributed by atoms with E-state index in [0.717, 1.165) is 18.4 Å². The van der Waals surface area contributed by atoms with E-state index in [1.807, 2.05) is 0 Å². The Morgan fingerprint density at radius 3 is 2.03 bits per heavy atom. The number of allylic oxidation sites excluding steroid dienone is 2. The van der Waals surface area contributed by atoms with Crippen molar-refractivity contribution >= 4 is 12.0 Å². The average molecular weight is 479 g/mol. The maximum Gasteiger partial charge on any atom is 0.402 e. The first kappa shape index (κ1) is 31.3. The zero-order valence-electron chi connectivity index (χ0n) is 21.2. The Balaban J connectivity index is 0.00000251. The number of nitrogens with one attached hydrogen (secondary N) is 1. The van der Waals surface area contributed by atoms with Crippen LogP contribution in [-0.2, 0) is 11.3 Å². The molecule has 0 spiro atoms. The third-order valence-electron chi connectivity index (χ3n) is 5.40. The molecule has 194 valence electrons. The lowest BCUT2D eigenvalue weighted by atomic mass is 10.1. The molecular weight excluding hydrogens is 432 g/mol. The minimum absolute atomic E-state index is 0.0830. The van der Waals surface area contributed by atoms with Gasteiger partial charge < -0.3 is 26.0 Å². The molecule has 1 aromatic rings. The van der Waals surface area contributed by atoms with E-state index in [2.05, 4.69) is 30.1 Å². The summed E-state index contributed by atoms with van der Waals surface area (Å²) in [6.45, 7) is 2.72. The van der Waals surface area contributed by atoms with Crippen molar-refractivity contribution in [3.63, 3.8) is 0 Å². The molecule has 2 amide bonds. The zero-order chi connectivity index (χ0) is 25.4. The van der Waals surface area contributed by atoms with Crippen LogP contribution in [0.25, 0.3) is 0 Å². The van der Waals surface area contributed by atoms with Crippen LogP contribution in [0.2, 0.25) is 0 Å². The van der Waals surface area contributed by atoms with E-state index in [1.165, 1.54) is 77.7 Å². The normalized spacial score (nSPS) is 10.5. The number of ether oxygens (including phenoxy) is 1. The summed E-state index contributed by atoms with van der Waals surface area (Å²) in [6.07, 6.45) is 20.3. The molecule has 0 unspecified atom stereocenters. The minimum atomic E-state index is -1.33. The van der Waals surface area contributed by atoms with Crippen molar-refractivity contribution in [1.29, 1.82) is 0 Å². The Hall–Kier alpha value is -2.70. The smallest absolute Gasteiger partial charge is 0.402 e. The first-order chi connectivity index (χ1) is 16.4. The van der Waals surface area contributed by atoms with Gasteiger partial charge in [0.05, 0.1) is 7.11 Å². The number of phenols is 1. The summed E-state index contributed by atoms with van der Waals surface area (Å²) in [5.41, 5.74) is 4.95. The highest BCUT2D eigenvalue weighted by Crippen LogP contribution is 2.26. The summed E-state index contributed by atoms with van der Waals surface area (Å²) in [5, 5.41) is 19.7. The third kappa shape index (κ3) is 19.9. The monoisotopic (exact) mass is 478 g/mol. The first-order valence-corrected chi connectivity index (χ1v) is 12.7. The largest absolute Gasteiger partial charge is 0.504 e. The predicted octanol–water partition coefficient (Wildman–Crippen LogP) is 6.68. The summed E-state index contributed by atoms with van der Waals surface area (Å²) in [6, 6.07) is 5.13. The predicted molar refractivity (Wildman–Crippen MR) is 138 cm³/mol. The molecular formula is C27H46N2O5. The second-order valence-electron chi connectivity index (χ2n) is 8.46. The van der Waals surface area contributed by atoms with Crippen LogP contribution in [-0.4, -0.2) is 29.3 Å². The standard InChI is InChI=1S/C26H43NO3.CH3NO2/c1-3-4-5-6-7-8-9-10-11-12-13-14-15-16-17-18-26(29)27-22-23-19-20-24(28)25(21-23)30-2;2-1(3)4/h10-11,19-21,28H,3-9,12-18,22H2,1-2H3,(H,27,29);2H2,(H,3,4)/b11-10-;. The summed E-state index contributed by atoms with van der Waals surface area (Å²) < 4.78 is 5.09. The average Bonchev–Trinajstić information content (AvgIpc) is 2.80.